The van der Waals surface area contributed by atoms with Gasteiger partial charge in [0.05, 0.1) is 6.42 Å². The van der Waals surface area contributed by atoms with Crippen LogP contribution in [0.25, 0.3) is 0 Å². The second-order valence-corrected chi connectivity index (χ2v) is 9.89. The molecule has 2 rings (SSSR count). The first-order chi connectivity index (χ1) is 12.3. The van der Waals surface area contributed by atoms with Gasteiger partial charge in [0.25, 0.3) is 0 Å². The van der Waals surface area contributed by atoms with Crippen molar-refractivity contribution in [3.63, 3.8) is 0 Å². The fraction of sp³-hybridized carbons (Fsp3) is 0.682. The highest BCUT2D eigenvalue weighted by Crippen LogP contribution is 2.33. The highest BCUT2D eigenvalue weighted by Gasteiger charge is 2.28. The Bertz CT molecular complexity index is 563. The van der Waals surface area contributed by atoms with E-state index in [1.54, 1.807) is 0 Å². The van der Waals surface area contributed by atoms with Gasteiger partial charge in [-0.15, -0.1) is 11.8 Å². The van der Waals surface area contributed by atoms with E-state index >= 15 is 0 Å². The van der Waals surface area contributed by atoms with Gasteiger partial charge in [0.1, 0.15) is 6.10 Å². The van der Waals surface area contributed by atoms with E-state index in [2.05, 4.69) is 45.0 Å². The van der Waals surface area contributed by atoms with E-state index in [1.165, 1.54) is 24.0 Å². The van der Waals surface area contributed by atoms with Gasteiger partial charge in [-0.25, -0.2) is 0 Å². The van der Waals surface area contributed by atoms with Crippen molar-refractivity contribution in [3.8, 4) is 0 Å². The van der Waals surface area contributed by atoms with Crippen LogP contribution in [0.4, 0.5) is 0 Å². The van der Waals surface area contributed by atoms with Crippen molar-refractivity contribution in [2.75, 3.05) is 20.6 Å². The third-order valence-electron chi connectivity index (χ3n) is 4.97. The number of ether oxygens (including phenoxy) is 1. The number of benzene rings is 1. The molecule has 1 aliphatic rings. The summed E-state index contributed by atoms with van der Waals surface area (Å²) in [4.78, 5) is 14.1. The van der Waals surface area contributed by atoms with E-state index in [0.29, 0.717) is 11.7 Å². The molecule has 0 spiro atoms. The highest BCUT2D eigenvalue weighted by atomic mass is 32.2. The van der Waals surface area contributed by atoms with E-state index in [4.69, 9.17) is 4.74 Å². The number of thioether (sulfide) groups is 1. The molecule has 0 amide bonds. The third kappa shape index (κ3) is 6.96. The topological polar surface area (TPSA) is 29.5 Å². The molecular weight excluding hydrogens is 342 g/mol. The normalized spacial score (nSPS) is 21.0. The number of carbonyl (C=O) groups is 1. The van der Waals surface area contributed by atoms with Crippen LogP contribution in [0, 0.1) is 0 Å². The van der Waals surface area contributed by atoms with Crippen LogP contribution in [0.3, 0.4) is 0 Å². The average molecular weight is 378 g/mol. The van der Waals surface area contributed by atoms with Crippen LogP contribution in [0.15, 0.2) is 24.3 Å². The molecule has 1 aliphatic carbocycles. The van der Waals surface area contributed by atoms with Crippen molar-refractivity contribution < 1.29 is 9.53 Å². The minimum Gasteiger partial charge on any atom is -0.461 e. The zero-order chi connectivity index (χ0) is 19.2. The predicted molar refractivity (Wildman–Crippen MR) is 112 cm³/mol. The first-order valence-electron chi connectivity index (χ1n) is 9.81. The van der Waals surface area contributed by atoms with Crippen LogP contribution >= 0.6 is 11.8 Å². The van der Waals surface area contributed by atoms with Crippen LogP contribution in [-0.2, 0) is 20.7 Å². The number of nitrogens with zero attached hydrogens (tertiary/aromatic N) is 1. The van der Waals surface area contributed by atoms with Crippen LogP contribution in [0.1, 0.15) is 64.0 Å². The van der Waals surface area contributed by atoms with Crippen molar-refractivity contribution >= 4 is 17.7 Å². The summed E-state index contributed by atoms with van der Waals surface area (Å²) in [5.74, 6) is 0.937. The summed E-state index contributed by atoms with van der Waals surface area (Å²) in [6.45, 7) is 7.49. The SMILES string of the molecule is CN(C)CCC(=O)OC1CCCCC1SCc1ccc(C(C)(C)C)cc1. The van der Waals surface area contributed by atoms with Gasteiger partial charge in [-0.2, -0.15) is 0 Å². The smallest absolute Gasteiger partial charge is 0.307 e. The maximum absolute atomic E-state index is 12.1. The van der Waals surface area contributed by atoms with Gasteiger partial charge in [-0.05, 0) is 49.9 Å². The van der Waals surface area contributed by atoms with Gasteiger partial charge in [-0.3, -0.25) is 4.79 Å². The van der Waals surface area contributed by atoms with Crippen molar-refractivity contribution in [1.29, 1.82) is 0 Å². The molecule has 0 saturated heterocycles. The third-order valence-corrected chi connectivity index (χ3v) is 6.44. The summed E-state index contributed by atoms with van der Waals surface area (Å²) in [5, 5.41) is 0.425. The quantitative estimate of drug-likeness (QED) is 0.624. The summed E-state index contributed by atoms with van der Waals surface area (Å²) in [6.07, 6.45) is 5.13. The molecule has 1 fully saturated rings. The molecule has 0 aliphatic heterocycles. The van der Waals surface area contributed by atoms with E-state index in [1.807, 2.05) is 30.8 Å². The molecular formula is C22H35NO2S. The lowest BCUT2D eigenvalue weighted by atomic mass is 9.87. The first-order valence-corrected chi connectivity index (χ1v) is 10.9. The minimum atomic E-state index is -0.0502. The van der Waals surface area contributed by atoms with Crippen LogP contribution in [0.2, 0.25) is 0 Å². The number of hydrogen-bond acceptors (Lipinski definition) is 4. The summed E-state index contributed by atoms with van der Waals surface area (Å²) < 4.78 is 5.82. The summed E-state index contributed by atoms with van der Waals surface area (Å²) >= 11 is 1.95. The number of carbonyl (C=O) groups excluding carboxylic acids is 1. The molecule has 2 atom stereocenters. The molecule has 0 aromatic heterocycles. The molecule has 1 saturated carbocycles. The lowest BCUT2D eigenvalue weighted by molar-refractivity contribution is -0.150. The number of rotatable bonds is 7. The Kier molecular flexibility index (Phi) is 8.03. The standard InChI is InChI=1S/C22H35NO2S/c1-22(2,3)18-12-10-17(11-13-18)16-26-20-9-7-6-8-19(20)25-21(24)14-15-23(4)5/h10-13,19-20H,6-9,14-16H2,1-5H3. The van der Waals surface area contributed by atoms with Crippen molar-refractivity contribution in [2.45, 2.75) is 75.4 Å². The first kappa shape index (κ1) is 21.3. The molecule has 4 heteroatoms. The van der Waals surface area contributed by atoms with Gasteiger partial charge in [0.15, 0.2) is 0 Å². The molecule has 0 heterocycles. The van der Waals surface area contributed by atoms with Gasteiger partial charge >= 0.3 is 5.97 Å². The lowest BCUT2D eigenvalue weighted by Crippen LogP contribution is -2.33. The summed E-state index contributed by atoms with van der Waals surface area (Å²) in [5.41, 5.74) is 2.92. The largest absolute Gasteiger partial charge is 0.461 e. The van der Waals surface area contributed by atoms with Gasteiger partial charge < -0.3 is 9.64 Å². The van der Waals surface area contributed by atoms with E-state index < -0.39 is 0 Å². The monoisotopic (exact) mass is 377 g/mol. The molecule has 0 radical (unpaired) electrons. The Morgan fingerprint density at radius 2 is 1.81 bits per heavy atom. The average Bonchev–Trinajstić information content (AvgIpc) is 2.59. The Hall–Kier alpha value is -1.00. The van der Waals surface area contributed by atoms with E-state index in [-0.39, 0.29) is 17.5 Å². The summed E-state index contributed by atoms with van der Waals surface area (Å²) in [7, 11) is 3.97. The molecule has 0 bridgehead atoms. The fourth-order valence-corrected chi connectivity index (χ4v) is 4.57. The lowest BCUT2D eigenvalue weighted by Gasteiger charge is -2.31. The Labute approximate surface area is 163 Å². The van der Waals surface area contributed by atoms with E-state index in [9.17, 15) is 4.79 Å². The Balaban J connectivity index is 1.86. The van der Waals surface area contributed by atoms with E-state index in [0.717, 1.165) is 25.1 Å². The molecule has 1 aromatic carbocycles. The zero-order valence-corrected chi connectivity index (χ0v) is 17.9. The number of hydrogen-bond donors (Lipinski definition) is 0. The van der Waals surface area contributed by atoms with Crippen molar-refractivity contribution in [1.82, 2.24) is 4.90 Å². The van der Waals surface area contributed by atoms with Crippen molar-refractivity contribution in [3.05, 3.63) is 35.4 Å². The van der Waals surface area contributed by atoms with Gasteiger partial charge in [0.2, 0.25) is 0 Å². The highest BCUT2D eigenvalue weighted by molar-refractivity contribution is 7.99. The van der Waals surface area contributed by atoms with Crippen LogP contribution in [0.5, 0.6) is 0 Å². The minimum absolute atomic E-state index is 0.0502. The van der Waals surface area contributed by atoms with Gasteiger partial charge in [0, 0.05) is 17.5 Å². The second kappa shape index (κ2) is 9.80. The van der Waals surface area contributed by atoms with Gasteiger partial charge in [-0.1, -0.05) is 51.5 Å². The molecule has 3 nitrogen and oxygen atoms in total. The fourth-order valence-electron chi connectivity index (χ4n) is 3.24. The van der Waals surface area contributed by atoms with Crippen LogP contribution in [-0.4, -0.2) is 42.9 Å². The molecule has 1 aromatic rings. The predicted octanol–water partition coefficient (Wildman–Crippen LogP) is 5.02. The second-order valence-electron chi connectivity index (χ2n) is 8.66. The maximum Gasteiger partial charge on any atom is 0.307 e. The number of esters is 1. The molecule has 146 valence electrons. The van der Waals surface area contributed by atoms with Crippen LogP contribution < -0.4 is 0 Å². The molecule has 0 N–H and O–H groups in total. The molecule has 26 heavy (non-hydrogen) atoms. The molecule has 2 unspecified atom stereocenters. The maximum atomic E-state index is 12.1. The van der Waals surface area contributed by atoms with Crippen molar-refractivity contribution in [2.24, 2.45) is 0 Å². The Morgan fingerprint density at radius 3 is 2.42 bits per heavy atom. The Morgan fingerprint density at radius 1 is 1.15 bits per heavy atom. The summed E-state index contributed by atoms with van der Waals surface area (Å²) in [6, 6.07) is 8.98. The zero-order valence-electron chi connectivity index (χ0n) is 17.1.